The molecular formula is C25H32F6N4O3. The molecule has 38 heavy (non-hydrogen) atoms. The van der Waals surface area contributed by atoms with Gasteiger partial charge >= 0.3 is 18.4 Å². The molecule has 1 aromatic rings. The van der Waals surface area contributed by atoms with Crippen molar-refractivity contribution in [3.8, 4) is 0 Å². The van der Waals surface area contributed by atoms with Crippen LogP contribution in [-0.4, -0.2) is 75.4 Å². The lowest BCUT2D eigenvalue weighted by Crippen LogP contribution is -2.57. The number of nitrogens with zero attached hydrogens (tertiary/aromatic N) is 4. The van der Waals surface area contributed by atoms with Crippen molar-refractivity contribution in [2.45, 2.75) is 101 Å². The van der Waals surface area contributed by atoms with E-state index < -0.39 is 35.5 Å². The fraction of sp³-hybridized carbons (Fsp3) is 0.760. The van der Waals surface area contributed by atoms with Crippen LogP contribution < -0.4 is 0 Å². The molecule has 13 heteroatoms. The zero-order chi connectivity index (χ0) is 27.9. The van der Waals surface area contributed by atoms with Crippen molar-refractivity contribution in [1.29, 1.82) is 0 Å². The van der Waals surface area contributed by atoms with Crippen LogP contribution in [0.1, 0.15) is 82.5 Å². The Kier molecular flexibility index (Phi) is 7.61. The average molecular weight is 551 g/mol. The van der Waals surface area contributed by atoms with Crippen LogP contribution >= 0.6 is 0 Å². The third kappa shape index (κ3) is 5.42. The molecule has 2 saturated carbocycles. The maximum atomic E-state index is 13.7. The van der Waals surface area contributed by atoms with Crippen LogP contribution in [0.2, 0.25) is 0 Å². The van der Waals surface area contributed by atoms with E-state index in [1.54, 1.807) is 12.4 Å². The predicted octanol–water partition coefficient (Wildman–Crippen LogP) is 5.50. The Labute approximate surface area is 216 Å². The molecule has 212 valence electrons. The number of hydrogen-bond donors (Lipinski definition) is 0. The van der Waals surface area contributed by atoms with Gasteiger partial charge in [0, 0.05) is 49.0 Å². The number of aromatic nitrogens is 2. The second-order valence-corrected chi connectivity index (χ2v) is 10.3. The summed E-state index contributed by atoms with van der Waals surface area (Å²) in [5.74, 6) is 1.14. The number of likely N-dealkylation sites (tertiary alicyclic amines) is 2. The van der Waals surface area contributed by atoms with Crippen molar-refractivity contribution < 1.29 is 40.7 Å². The first-order valence-corrected chi connectivity index (χ1v) is 13.1. The highest BCUT2D eigenvalue weighted by atomic mass is 19.4. The Morgan fingerprint density at radius 1 is 0.921 bits per heavy atom. The van der Waals surface area contributed by atoms with Gasteiger partial charge in [-0.1, -0.05) is 13.8 Å². The summed E-state index contributed by atoms with van der Waals surface area (Å²) < 4.78 is 80.5. The summed E-state index contributed by atoms with van der Waals surface area (Å²) in [6, 6.07) is 0. The van der Waals surface area contributed by atoms with Crippen molar-refractivity contribution in [2.75, 3.05) is 19.6 Å². The number of carbonyl (C=O) groups excluding carboxylic acids is 2. The summed E-state index contributed by atoms with van der Waals surface area (Å²) in [6.07, 6.45) is -8.56. The fourth-order valence-electron chi connectivity index (χ4n) is 5.52. The molecule has 2 saturated heterocycles. The Balaban J connectivity index is 0.00000164. The average Bonchev–Trinajstić information content (AvgIpc) is 3.80. The standard InChI is InChI=1S/C23H26F6N4O3.C2H6/c24-22(25,26)17(23(27,28)29)36-19(35)32-10-7-20(8-11-32)4-1-9-33(20)18(34)21(5-6-21)15-12-30-16(31-13-15)14-2-3-14;1-2/h12-14,17H,1-11H2;1-2H3. The van der Waals surface area contributed by atoms with Gasteiger partial charge in [0.25, 0.3) is 6.10 Å². The van der Waals surface area contributed by atoms with Crippen molar-refractivity contribution in [2.24, 2.45) is 0 Å². The summed E-state index contributed by atoms with van der Waals surface area (Å²) in [6.45, 7) is 4.31. The molecule has 2 aliphatic carbocycles. The molecule has 5 rings (SSSR count). The maximum absolute atomic E-state index is 13.7. The number of ether oxygens (including phenoxy) is 1. The largest absolute Gasteiger partial charge is 0.434 e. The smallest absolute Gasteiger partial charge is 0.426 e. The van der Waals surface area contributed by atoms with E-state index in [1.807, 2.05) is 18.7 Å². The van der Waals surface area contributed by atoms with Gasteiger partial charge in [-0.25, -0.2) is 14.8 Å². The SMILES string of the molecule is CC.O=C(OC(C(F)(F)F)C(F)(F)F)N1CCC2(CCCN2C(=O)C2(c3cnc(C4CC4)nc3)CC2)CC1. The van der Waals surface area contributed by atoms with E-state index in [4.69, 9.17) is 0 Å². The third-order valence-electron chi connectivity index (χ3n) is 7.93. The lowest BCUT2D eigenvalue weighted by atomic mass is 9.83. The molecule has 0 N–H and O–H groups in total. The molecule has 1 spiro atoms. The summed E-state index contributed by atoms with van der Waals surface area (Å²) in [7, 11) is 0. The Bertz CT molecular complexity index is 999. The molecular weight excluding hydrogens is 518 g/mol. The molecule has 2 amide bonds. The molecule has 4 aliphatic rings. The summed E-state index contributed by atoms with van der Waals surface area (Å²) >= 11 is 0. The Morgan fingerprint density at radius 2 is 1.47 bits per heavy atom. The molecule has 0 aromatic carbocycles. The Hall–Kier alpha value is -2.60. The van der Waals surface area contributed by atoms with Gasteiger partial charge in [-0.05, 0) is 51.4 Å². The number of hydrogen-bond acceptors (Lipinski definition) is 5. The minimum atomic E-state index is -5.77. The molecule has 0 radical (unpaired) electrons. The minimum Gasteiger partial charge on any atom is -0.426 e. The zero-order valence-electron chi connectivity index (χ0n) is 21.4. The number of amides is 2. The quantitative estimate of drug-likeness (QED) is 0.463. The predicted molar refractivity (Wildman–Crippen MR) is 123 cm³/mol. The molecule has 0 unspecified atom stereocenters. The first kappa shape index (κ1) is 28.4. The highest BCUT2D eigenvalue weighted by Crippen LogP contribution is 2.52. The van der Waals surface area contributed by atoms with Gasteiger partial charge in [0.2, 0.25) is 5.91 Å². The lowest BCUT2D eigenvalue weighted by molar-refractivity contribution is -0.308. The molecule has 7 nitrogen and oxygen atoms in total. The van der Waals surface area contributed by atoms with Crippen LogP contribution in [0, 0.1) is 0 Å². The van der Waals surface area contributed by atoms with Crippen LogP contribution in [0.4, 0.5) is 31.1 Å². The second kappa shape index (κ2) is 10.2. The summed E-state index contributed by atoms with van der Waals surface area (Å²) in [4.78, 5) is 37.5. The summed E-state index contributed by atoms with van der Waals surface area (Å²) in [5.41, 5.74) is -0.515. The van der Waals surface area contributed by atoms with Crippen molar-refractivity contribution in [3.63, 3.8) is 0 Å². The molecule has 2 aliphatic heterocycles. The first-order valence-electron chi connectivity index (χ1n) is 13.1. The van der Waals surface area contributed by atoms with Crippen LogP contribution in [0.3, 0.4) is 0 Å². The number of carbonyl (C=O) groups is 2. The van der Waals surface area contributed by atoms with E-state index in [-0.39, 0.29) is 31.8 Å². The normalized spacial score (nSPS) is 22.2. The lowest BCUT2D eigenvalue weighted by Gasteiger charge is -2.46. The van der Waals surface area contributed by atoms with E-state index in [0.717, 1.165) is 35.6 Å². The van der Waals surface area contributed by atoms with E-state index in [0.29, 0.717) is 31.7 Å². The second-order valence-electron chi connectivity index (χ2n) is 10.3. The third-order valence-corrected chi connectivity index (χ3v) is 7.93. The fourth-order valence-corrected chi connectivity index (χ4v) is 5.52. The minimum absolute atomic E-state index is 0.0481. The summed E-state index contributed by atoms with van der Waals surface area (Å²) in [5, 5.41) is 0. The van der Waals surface area contributed by atoms with Crippen molar-refractivity contribution in [1.82, 2.24) is 19.8 Å². The molecule has 0 atom stereocenters. The zero-order valence-corrected chi connectivity index (χ0v) is 21.4. The van der Waals surface area contributed by atoms with Gasteiger partial charge in [0.1, 0.15) is 5.82 Å². The highest BCUT2D eigenvalue weighted by molar-refractivity contribution is 5.92. The highest BCUT2D eigenvalue weighted by Gasteiger charge is 2.61. The van der Waals surface area contributed by atoms with Crippen molar-refractivity contribution >= 4 is 12.0 Å². The number of halogens is 6. The van der Waals surface area contributed by atoms with Gasteiger partial charge in [-0.2, -0.15) is 26.3 Å². The Morgan fingerprint density at radius 3 is 1.95 bits per heavy atom. The van der Waals surface area contributed by atoms with Crippen LogP contribution in [-0.2, 0) is 14.9 Å². The molecule has 0 bridgehead atoms. The molecule has 1 aromatic heterocycles. The monoisotopic (exact) mass is 550 g/mol. The maximum Gasteiger partial charge on any atom is 0.434 e. The van der Waals surface area contributed by atoms with E-state index in [1.165, 1.54) is 0 Å². The van der Waals surface area contributed by atoms with E-state index in [9.17, 15) is 35.9 Å². The van der Waals surface area contributed by atoms with Crippen LogP contribution in [0.15, 0.2) is 12.4 Å². The molecule has 4 fully saturated rings. The number of piperidine rings is 1. The van der Waals surface area contributed by atoms with E-state index in [2.05, 4.69) is 14.7 Å². The van der Waals surface area contributed by atoms with E-state index >= 15 is 0 Å². The van der Waals surface area contributed by atoms with Crippen LogP contribution in [0.25, 0.3) is 0 Å². The topological polar surface area (TPSA) is 75.6 Å². The van der Waals surface area contributed by atoms with Gasteiger partial charge in [0.15, 0.2) is 0 Å². The van der Waals surface area contributed by atoms with Crippen molar-refractivity contribution in [3.05, 3.63) is 23.8 Å². The number of alkyl halides is 6. The van der Waals surface area contributed by atoms with Gasteiger partial charge in [-0.15, -0.1) is 0 Å². The molecule has 3 heterocycles. The van der Waals surface area contributed by atoms with Gasteiger partial charge in [-0.3, -0.25) is 4.79 Å². The van der Waals surface area contributed by atoms with Gasteiger partial charge < -0.3 is 14.5 Å². The van der Waals surface area contributed by atoms with Gasteiger partial charge in [0.05, 0.1) is 5.41 Å². The van der Waals surface area contributed by atoms with Crippen LogP contribution in [0.5, 0.6) is 0 Å². The number of rotatable bonds is 4. The first-order chi connectivity index (χ1) is 17.9.